The Morgan fingerprint density at radius 2 is 2.43 bits per heavy atom. The monoisotopic (exact) mass is 197 g/mol. The molecular weight excluding hydrogens is 186 g/mol. The summed E-state index contributed by atoms with van der Waals surface area (Å²) in [5, 5.41) is 21.8. The number of nitro groups is 1. The fourth-order valence-corrected chi connectivity index (χ4v) is 0.925. The zero-order valence-corrected chi connectivity index (χ0v) is 7.51. The smallest absolute Gasteiger partial charge is 0.274 e. The van der Waals surface area contributed by atoms with Crippen molar-refractivity contribution in [2.45, 2.75) is 6.42 Å². The normalized spacial score (nSPS) is 9.79. The molecule has 0 spiro atoms. The standard InChI is InChI=1S/C8H11N3O3/c12-5-1-3-9-8-6-7(11(13)14)2-4-10-8/h2,4,6,12H,1,3,5H2,(H,9,10). The van der Waals surface area contributed by atoms with Gasteiger partial charge in [-0.3, -0.25) is 10.1 Å². The van der Waals surface area contributed by atoms with E-state index in [0.29, 0.717) is 18.8 Å². The van der Waals surface area contributed by atoms with Crippen LogP contribution in [0, 0.1) is 10.1 Å². The van der Waals surface area contributed by atoms with Gasteiger partial charge in [-0.05, 0) is 6.42 Å². The molecule has 0 aromatic carbocycles. The van der Waals surface area contributed by atoms with Crippen LogP contribution in [0.4, 0.5) is 11.5 Å². The molecule has 1 aromatic heterocycles. The van der Waals surface area contributed by atoms with Crippen LogP contribution in [0.2, 0.25) is 0 Å². The average Bonchev–Trinajstić information content (AvgIpc) is 2.19. The van der Waals surface area contributed by atoms with Gasteiger partial charge in [0.15, 0.2) is 0 Å². The number of hydrogen-bond acceptors (Lipinski definition) is 5. The van der Waals surface area contributed by atoms with Crippen molar-refractivity contribution in [2.24, 2.45) is 0 Å². The van der Waals surface area contributed by atoms with Crippen LogP contribution < -0.4 is 5.32 Å². The topological polar surface area (TPSA) is 88.3 Å². The molecule has 1 heterocycles. The molecule has 6 heteroatoms. The number of hydrogen-bond donors (Lipinski definition) is 2. The second-order valence-corrected chi connectivity index (χ2v) is 2.66. The van der Waals surface area contributed by atoms with Gasteiger partial charge in [0.2, 0.25) is 0 Å². The Kier molecular flexibility index (Phi) is 3.81. The molecule has 0 unspecified atom stereocenters. The van der Waals surface area contributed by atoms with Gasteiger partial charge in [0.1, 0.15) is 5.82 Å². The minimum absolute atomic E-state index is 0.00602. The second kappa shape index (κ2) is 5.13. The molecule has 76 valence electrons. The lowest BCUT2D eigenvalue weighted by Crippen LogP contribution is -2.05. The van der Waals surface area contributed by atoms with Crippen molar-refractivity contribution >= 4 is 11.5 Å². The molecule has 0 saturated heterocycles. The molecule has 0 aliphatic carbocycles. The number of anilines is 1. The van der Waals surface area contributed by atoms with Crippen LogP contribution in [0.15, 0.2) is 18.3 Å². The van der Waals surface area contributed by atoms with Crippen molar-refractivity contribution in [1.82, 2.24) is 4.98 Å². The van der Waals surface area contributed by atoms with Crippen LogP contribution in [0.1, 0.15) is 6.42 Å². The molecule has 0 bridgehead atoms. The molecule has 0 fully saturated rings. The molecule has 0 saturated carbocycles. The molecule has 0 atom stereocenters. The first-order valence-electron chi connectivity index (χ1n) is 4.19. The first-order valence-corrected chi connectivity index (χ1v) is 4.19. The fraction of sp³-hybridized carbons (Fsp3) is 0.375. The van der Waals surface area contributed by atoms with Gasteiger partial charge in [-0.2, -0.15) is 0 Å². The van der Waals surface area contributed by atoms with E-state index in [1.54, 1.807) is 0 Å². The van der Waals surface area contributed by atoms with Crippen LogP contribution in [0.25, 0.3) is 0 Å². The van der Waals surface area contributed by atoms with Crippen molar-refractivity contribution in [3.8, 4) is 0 Å². The van der Waals surface area contributed by atoms with E-state index in [9.17, 15) is 10.1 Å². The third kappa shape index (κ3) is 2.98. The first kappa shape index (κ1) is 10.4. The summed E-state index contributed by atoms with van der Waals surface area (Å²) in [6.45, 7) is 0.632. The number of aliphatic hydroxyl groups excluding tert-OH is 1. The van der Waals surface area contributed by atoms with Crippen molar-refractivity contribution in [3.05, 3.63) is 28.4 Å². The molecule has 0 aliphatic rings. The maximum absolute atomic E-state index is 10.4. The lowest BCUT2D eigenvalue weighted by Gasteiger charge is -2.02. The summed E-state index contributed by atoms with van der Waals surface area (Å²) in [6.07, 6.45) is 1.96. The molecule has 2 N–H and O–H groups in total. The van der Waals surface area contributed by atoms with Gasteiger partial charge >= 0.3 is 0 Å². The van der Waals surface area contributed by atoms with Gasteiger partial charge in [0, 0.05) is 25.4 Å². The van der Waals surface area contributed by atoms with Crippen LogP contribution in [0.3, 0.4) is 0 Å². The Morgan fingerprint density at radius 3 is 3.07 bits per heavy atom. The summed E-state index contributed by atoms with van der Waals surface area (Å²) >= 11 is 0. The molecule has 0 amide bonds. The average molecular weight is 197 g/mol. The van der Waals surface area contributed by atoms with Gasteiger partial charge < -0.3 is 10.4 Å². The summed E-state index contributed by atoms with van der Waals surface area (Å²) in [6, 6.07) is 2.69. The van der Waals surface area contributed by atoms with Crippen molar-refractivity contribution < 1.29 is 10.0 Å². The first-order chi connectivity index (χ1) is 6.74. The summed E-state index contributed by atoms with van der Waals surface area (Å²) in [4.78, 5) is 13.8. The summed E-state index contributed by atoms with van der Waals surface area (Å²) in [5.74, 6) is 0.452. The lowest BCUT2D eigenvalue weighted by atomic mass is 10.4. The van der Waals surface area contributed by atoms with Crippen LogP contribution in [-0.4, -0.2) is 28.2 Å². The third-order valence-corrected chi connectivity index (χ3v) is 1.60. The number of pyridine rings is 1. The minimum atomic E-state index is -0.473. The highest BCUT2D eigenvalue weighted by Crippen LogP contribution is 2.13. The number of nitrogens with zero attached hydrogens (tertiary/aromatic N) is 2. The zero-order valence-electron chi connectivity index (χ0n) is 7.51. The van der Waals surface area contributed by atoms with Gasteiger partial charge in [-0.15, -0.1) is 0 Å². The second-order valence-electron chi connectivity index (χ2n) is 2.66. The molecule has 14 heavy (non-hydrogen) atoms. The Hall–Kier alpha value is -1.69. The predicted molar refractivity (Wildman–Crippen MR) is 51.1 cm³/mol. The van der Waals surface area contributed by atoms with Crippen LogP contribution >= 0.6 is 0 Å². The van der Waals surface area contributed by atoms with Gasteiger partial charge in [0.25, 0.3) is 5.69 Å². The molecule has 0 radical (unpaired) electrons. The largest absolute Gasteiger partial charge is 0.396 e. The van der Waals surface area contributed by atoms with Gasteiger partial charge in [-0.25, -0.2) is 4.98 Å². The quantitative estimate of drug-likeness (QED) is 0.413. The predicted octanol–water partition coefficient (Wildman–Crippen LogP) is 0.784. The fourth-order valence-electron chi connectivity index (χ4n) is 0.925. The zero-order chi connectivity index (χ0) is 10.4. The van der Waals surface area contributed by atoms with E-state index >= 15 is 0 Å². The Labute approximate surface area is 80.7 Å². The van der Waals surface area contributed by atoms with Gasteiger partial charge in [0.05, 0.1) is 11.0 Å². The van der Waals surface area contributed by atoms with E-state index in [2.05, 4.69) is 10.3 Å². The number of aliphatic hydroxyl groups is 1. The summed E-state index contributed by atoms with van der Waals surface area (Å²) < 4.78 is 0. The van der Waals surface area contributed by atoms with Crippen LogP contribution in [-0.2, 0) is 0 Å². The maximum atomic E-state index is 10.4. The van der Waals surface area contributed by atoms with E-state index in [-0.39, 0.29) is 12.3 Å². The number of nitrogens with one attached hydrogen (secondary N) is 1. The van der Waals surface area contributed by atoms with Crippen LogP contribution in [0.5, 0.6) is 0 Å². The summed E-state index contributed by atoms with van der Waals surface area (Å²) in [7, 11) is 0. The molecular formula is C8H11N3O3. The van der Waals surface area contributed by atoms with Gasteiger partial charge in [-0.1, -0.05) is 0 Å². The van der Waals surface area contributed by atoms with E-state index in [4.69, 9.17) is 5.11 Å². The van der Waals surface area contributed by atoms with Crippen molar-refractivity contribution in [1.29, 1.82) is 0 Å². The highest BCUT2D eigenvalue weighted by molar-refractivity contribution is 5.43. The van der Waals surface area contributed by atoms with Crippen molar-refractivity contribution in [2.75, 3.05) is 18.5 Å². The third-order valence-electron chi connectivity index (χ3n) is 1.60. The number of rotatable bonds is 5. The van der Waals surface area contributed by atoms with E-state index in [0.717, 1.165) is 0 Å². The Balaban J connectivity index is 2.59. The van der Waals surface area contributed by atoms with Crippen molar-refractivity contribution in [3.63, 3.8) is 0 Å². The van der Waals surface area contributed by atoms with E-state index in [1.165, 1.54) is 18.3 Å². The molecule has 0 aliphatic heterocycles. The van der Waals surface area contributed by atoms with E-state index in [1.807, 2.05) is 0 Å². The summed E-state index contributed by atoms with van der Waals surface area (Å²) in [5.41, 5.74) is 0.00602. The maximum Gasteiger partial charge on any atom is 0.274 e. The highest BCUT2D eigenvalue weighted by atomic mass is 16.6. The van der Waals surface area contributed by atoms with E-state index < -0.39 is 4.92 Å². The highest BCUT2D eigenvalue weighted by Gasteiger charge is 2.05. The lowest BCUT2D eigenvalue weighted by molar-refractivity contribution is -0.384. The number of aromatic nitrogens is 1. The Morgan fingerprint density at radius 1 is 1.64 bits per heavy atom. The Bertz CT molecular complexity index is 316. The molecule has 1 rings (SSSR count). The minimum Gasteiger partial charge on any atom is -0.396 e. The SMILES string of the molecule is O=[N+]([O-])c1ccnc(NCCCO)c1. The molecule has 6 nitrogen and oxygen atoms in total. The molecule has 1 aromatic rings.